The third-order valence-corrected chi connectivity index (χ3v) is 2.27. The van der Waals surface area contributed by atoms with Gasteiger partial charge in [-0.2, -0.15) is 0 Å². The van der Waals surface area contributed by atoms with Crippen molar-refractivity contribution in [2.45, 2.75) is 0 Å². The second-order valence-corrected chi connectivity index (χ2v) is 3.21. The topological polar surface area (TPSA) is 31.4 Å². The van der Waals surface area contributed by atoms with E-state index in [4.69, 9.17) is 9.47 Å². The monoisotopic (exact) mass is 198 g/mol. The van der Waals surface area contributed by atoms with Crippen molar-refractivity contribution in [2.75, 3.05) is 6.79 Å². The van der Waals surface area contributed by atoms with E-state index in [1.165, 1.54) is 0 Å². The molecule has 0 bridgehead atoms. The Labute approximate surface area is 87.3 Å². The minimum atomic E-state index is 0.299. The molecule has 1 aliphatic heterocycles. The van der Waals surface area contributed by atoms with E-state index in [1.807, 2.05) is 24.3 Å². The molecule has 1 aliphatic rings. The summed E-state index contributed by atoms with van der Waals surface area (Å²) in [4.78, 5) is 4.25. The summed E-state index contributed by atoms with van der Waals surface area (Å²) in [6.07, 6.45) is 1.72. The fourth-order valence-corrected chi connectivity index (χ4v) is 1.54. The van der Waals surface area contributed by atoms with Crippen LogP contribution in [0.15, 0.2) is 36.5 Å². The second kappa shape index (κ2) is 3.28. The van der Waals surface area contributed by atoms with Gasteiger partial charge in [-0.3, -0.25) is 4.98 Å². The predicted molar refractivity (Wildman–Crippen MR) is 54.6 cm³/mol. The highest BCUT2D eigenvalue weighted by molar-refractivity contribution is 5.64. The van der Waals surface area contributed by atoms with Crippen LogP contribution in [-0.4, -0.2) is 11.8 Å². The fraction of sp³-hybridized carbons (Fsp3) is 0.0833. The maximum atomic E-state index is 5.30. The minimum Gasteiger partial charge on any atom is -0.454 e. The number of aromatic nitrogens is 1. The predicted octanol–water partition coefficient (Wildman–Crippen LogP) is 2.28. The van der Waals surface area contributed by atoms with Gasteiger partial charge in [-0.15, -0.1) is 0 Å². The molecule has 2 heterocycles. The molecule has 3 rings (SSSR count). The molecular weight excluding hydrogens is 190 g/mol. The van der Waals surface area contributed by atoms with Crippen LogP contribution >= 0.6 is 0 Å². The molecule has 0 saturated heterocycles. The van der Waals surface area contributed by atoms with Crippen molar-refractivity contribution in [1.82, 2.24) is 4.98 Å². The Kier molecular flexibility index (Phi) is 1.81. The highest BCUT2D eigenvalue weighted by atomic mass is 16.7. The Bertz CT molecular complexity index is 482. The van der Waals surface area contributed by atoms with Gasteiger partial charge in [0.05, 0.1) is 5.69 Å². The molecule has 1 aromatic carbocycles. The van der Waals surface area contributed by atoms with Crippen LogP contribution in [0.25, 0.3) is 11.3 Å². The van der Waals surface area contributed by atoms with Crippen molar-refractivity contribution in [2.24, 2.45) is 0 Å². The van der Waals surface area contributed by atoms with Crippen LogP contribution in [0.3, 0.4) is 0 Å². The highest BCUT2D eigenvalue weighted by Crippen LogP contribution is 2.35. The zero-order valence-corrected chi connectivity index (χ0v) is 7.93. The van der Waals surface area contributed by atoms with Gasteiger partial charge in [-0.05, 0) is 36.4 Å². The Balaban J connectivity index is 2.07. The number of hydrogen-bond acceptors (Lipinski definition) is 3. The van der Waals surface area contributed by atoms with Crippen LogP contribution in [0.1, 0.15) is 0 Å². The number of nitrogens with zero attached hydrogens (tertiary/aromatic N) is 1. The lowest BCUT2D eigenvalue weighted by atomic mass is 10.1. The van der Waals surface area contributed by atoms with Crippen molar-refractivity contribution < 1.29 is 9.47 Å². The molecule has 0 atom stereocenters. The Hall–Kier alpha value is -2.03. The van der Waals surface area contributed by atoms with Crippen LogP contribution < -0.4 is 9.47 Å². The molecule has 15 heavy (non-hydrogen) atoms. The quantitative estimate of drug-likeness (QED) is 0.704. The Morgan fingerprint density at radius 1 is 1.20 bits per heavy atom. The molecule has 0 amide bonds. The first kappa shape index (κ1) is 8.29. The SMILES string of the molecule is [c]1ccnc(-c2ccc3c(c2)OCO3)c1. The number of rotatable bonds is 1. The molecular formula is C12H8NO2. The van der Waals surface area contributed by atoms with Crippen LogP contribution in [0.2, 0.25) is 0 Å². The third kappa shape index (κ3) is 1.42. The summed E-state index contributed by atoms with van der Waals surface area (Å²) >= 11 is 0. The zero-order chi connectivity index (χ0) is 10.1. The molecule has 0 N–H and O–H groups in total. The summed E-state index contributed by atoms with van der Waals surface area (Å²) in [6.45, 7) is 0.299. The van der Waals surface area contributed by atoms with E-state index in [-0.39, 0.29) is 0 Å². The van der Waals surface area contributed by atoms with Gasteiger partial charge in [0.15, 0.2) is 11.5 Å². The van der Waals surface area contributed by atoms with Crippen LogP contribution in [0, 0.1) is 6.07 Å². The van der Waals surface area contributed by atoms with E-state index in [0.717, 1.165) is 22.8 Å². The van der Waals surface area contributed by atoms with E-state index < -0.39 is 0 Å². The molecule has 2 aromatic rings. The molecule has 3 nitrogen and oxygen atoms in total. The maximum Gasteiger partial charge on any atom is 0.231 e. The molecule has 73 valence electrons. The van der Waals surface area contributed by atoms with Gasteiger partial charge in [-0.1, -0.05) is 0 Å². The molecule has 1 radical (unpaired) electrons. The third-order valence-electron chi connectivity index (χ3n) is 2.27. The van der Waals surface area contributed by atoms with Crippen LogP contribution in [0.5, 0.6) is 11.5 Å². The average Bonchev–Trinajstić information content (AvgIpc) is 2.77. The standard InChI is InChI=1S/C12H8NO2/c1-2-6-13-10(3-1)9-4-5-11-12(7-9)15-8-14-11/h2-7H,8H2. The normalized spacial score (nSPS) is 12.8. The molecule has 0 aliphatic carbocycles. The lowest BCUT2D eigenvalue weighted by molar-refractivity contribution is 0.174. The largest absolute Gasteiger partial charge is 0.454 e. The average molecular weight is 198 g/mol. The molecule has 0 unspecified atom stereocenters. The number of ether oxygens (including phenoxy) is 2. The first-order chi connectivity index (χ1) is 7.43. The summed E-state index contributed by atoms with van der Waals surface area (Å²) in [6, 6.07) is 12.4. The maximum absolute atomic E-state index is 5.30. The summed E-state index contributed by atoms with van der Waals surface area (Å²) < 4.78 is 10.5. The lowest BCUT2D eigenvalue weighted by Crippen LogP contribution is -1.92. The van der Waals surface area contributed by atoms with E-state index in [1.54, 1.807) is 12.3 Å². The molecule has 1 aromatic heterocycles. The molecule has 0 saturated carbocycles. The summed E-state index contributed by atoms with van der Waals surface area (Å²) in [5.74, 6) is 1.57. The number of fused-ring (bicyclic) bond motifs is 1. The lowest BCUT2D eigenvalue weighted by Gasteiger charge is -2.01. The molecule has 3 heteroatoms. The number of hydrogen-bond donors (Lipinski definition) is 0. The van der Waals surface area contributed by atoms with Crippen molar-refractivity contribution >= 4 is 0 Å². The van der Waals surface area contributed by atoms with Gasteiger partial charge >= 0.3 is 0 Å². The number of pyridine rings is 1. The summed E-state index contributed by atoms with van der Waals surface area (Å²) in [5.41, 5.74) is 1.90. The molecule has 0 spiro atoms. The van der Waals surface area contributed by atoms with Gasteiger partial charge < -0.3 is 9.47 Å². The molecule has 0 fully saturated rings. The second-order valence-electron chi connectivity index (χ2n) is 3.21. The highest BCUT2D eigenvalue weighted by Gasteiger charge is 2.13. The van der Waals surface area contributed by atoms with E-state index in [0.29, 0.717) is 6.79 Å². The van der Waals surface area contributed by atoms with Crippen LogP contribution in [0.4, 0.5) is 0 Å². The van der Waals surface area contributed by atoms with Crippen molar-refractivity contribution in [3.8, 4) is 22.8 Å². The Morgan fingerprint density at radius 2 is 2.13 bits per heavy atom. The van der Waals surface area contributed by atoms with Crippen LogP contribution in [-0.2, 0) is 0 Å². The zero-order valence-electron chi connectivity index (χ0n) is 7.93. The fourth-order valence-electron chi connectivity index (χ4n) is 1.54. The van der Waals surface area contributed by atoms with E-state index in [9.17, 15) is 0 Å². The van der Waals surface area contributed by atoms with Crippen molar-refractivity contribution in [1.29, 1.82) is 0 Å². The van der Waals surface area contributed by atoms with Crippen molar-refractivity contribution in [3.05, 3.63) is 42.6 Å². The van der Waals surface area contributed by atoms with Gasteiger partial charge in [0, 0.05) is 11.8 Å². The van der Waals surface area contributed by atoms with Gasteiger partial charge in [0.1, 0.15) is 0 Å². The van der Waals surface area contributed by atoms with E-state index >= 15 is 0 Å². The first-order valence-corrected chi connectivity index (χ1v) is 4.65. The summed E-state index contributed by atoms with van der Waals surface area (Å²) in [7, 11) is 0. The van der Waals surface area contributed by atoms with Gasteiger partial charge in [-0.25, -0.2) is 0 Å². The van der Waals surface area contributed by atoms with Gasteiger partial charge in [0.2, 0.25) is 6.79 Å². The smallest absolute Gasteiger partial charge is 0.231 e. The van der Waals surface area contributed by atoms with E-state index in [2.05, 4.69) is 11.1 Å². The Morgan fingerprint density at radius 3 is 3.00 bits per heavy atom. The number of benzene rings is 1. The minimum absolute atomic E-state index is 0.299. The van der Waals surface area contributed by atoms with Crippen molar-refractivity contribution in [3.63, 3.8) is 0 Å². The first-order valence-electron chi connectivity index (χ1n) is 4.65. The van der Waals surface area contributed by atoms with Gasteiger partial charge in [0.25, 0.3) is 0 Å². The summed E-state index contributed by atoms with van der Waals surface area (Å²) in [5, 5.41) is 0.